The summed E-state index contributed by atoms with van der Waals surface area (Å²) in [5.74, 6) is 0. The Balaban J connectivity index is 2.64. The molecule has 3 aromatic rings. The monoisotopic (exact) mass is 345 g/mol. The van der Waals surface area contributed by atoms with Crippen LogP contribution < -0.4 is 5.69 Å². The molecule has 16 heavy (non-hydrogen) atoms. The van der Waals surface area contributed by atoms with Gasteiger partial charge in [-0.05, 0) is 0 Å². The van der Waals surface area contributed by atoms with Crippen LogP contribution in [0.1, 0.15) is 0 Å². The van der Waals surface area contributed by atoms with Crippen molar-refractivity contribution >= 4 is 27.2 Å². The zero-order valence-electron chi connectivity index (χ0n) is 8.57. The van der Waals surface area contributed by atoms with Gasteiger partial charge in [0.1, 0.15) is 0 Å². The normalized spacial score (nSPS) is 11.1. The van der Waals surface area contributed by atoms with Crippen molar-refractivity contribution in [2.24, 2.45) is 0 Å². The van der Waals surface area contributed by atoms with E-state index in [9.17, 15) is 0 Å². The fourth-order valence-electron chi connectivity index (χ4n) is 2.14. The van der Waals surface area contributed by atoms with Crippen LogP contribution >= 0.6 is 0 Å². The Morgan fingerprint density at radius 3 is 2.50 bits per heavy atom. The van der Waals surface area contributed by atoms with Crippen LogP contribution in [0.2, 0.25) is 0 Å². The molecule has 78 valence electrons. The van der Waals surface area contributed by atoms with Crippen LogP contribution in [-0.2, 0) is 0 Å². The molecule has 2 heteroatoms. The van der Waals surface area contributed by atoms with Gasteiger partial charge >= 0.3 is 128 Å². The maximum atomic E-state index is 6.08. The van der Waals surface area contributed by atoms with Gasteiger partial charge in [-0.15, -0.1) is 0 Å². The molecule has 0 atom stereocenters. The van der Waals surface area contributed by atoms with E-state index in [0.29, 0.717) is 0 Å². The Labute approximate surface area is 127 Å². The van der Waals surface area contributed by atoms with E-state index in [1.165, 1.54) is 21.5 Å². The van der Waals surface area contributed by atoms with Gasteiger partial charge in [0.25, 0.3) is 0 Å². The predicted molar refractivity (Wildman–Crippen MR) is 65.5 cm³/mol. The maximum absolute atomic E-state index is 6.08. The van der Waals surface area contributed by atoms with E-state index in [2.05, 4.69) is 36.4 Å². The second-order valence-corrected chi connectivity index (χ2v) is 5.15. The van der Waals surface area contributed by atoms with Crippen molar-refractivity contribution in [1.29, 1.82) is 0 Å². The molecule has 0 saturated carbocycles. The van der Waals surface area contributed by atoms with E-state index in [4.69, 9.17) is 5.73 Å². The van der Waals surface area contributed by atoms with Gasteiger partial charge in [0.2, 0.25) is 0 Å². The van der Waals surface area contributed by atoms with Crippen LogP contribution in [0.4, 0.5) is 5.69 Å². The van der Waals surface area contributed by atoms with Crippen molar-refractivity contribution < 1.29 is 47.0 Å². The van der Waals surface area contributed by atoms with Crippen molar-refractivity contribution in [3.05, 3.63) is 48.5 Å². The molecule has 0 heterocycles. The van der Waals surface area contributed by atoms with Crippen molar-refractivity contribution in [2.75, 3.05) is 5.73 Å². The zero-order chi connectivity index (χ0) is 11.1. The third-order valence-corrected chi connectivity index (χ3v) is 3.94. The molecule has 0 spiro atoms. The third-order valence-electron chi connectivity index (χ3n) is 2.88. The average Bonchev–Trinajstić information content (AvgIpc) is 2.29. The number of rotatable bonds is 0. The van der Waals surface area contributed by atoms with Gasteiger partial charge in [0.05, 0.1) is 0 Å². The summed E-state index contributed by atoms with van der Waals surface area (Å²) in [4.78, 5) is 0. The van der Waals surface area contributed by atoms with Crippen LogP contribution in [0.15, 0.2) is 48.5 Å². The molecule has 0 unspecified atom stereocenters. The van der Waals surface area contributed by atoms with Crippen molar-refractivity contribution in [1.82, 2.24) is 0 Å². The van der Waals surface area contributed by atoms with E-state index < -0.39 is 0 Å². The van der Waals surface area contributed by atoms with Crippen molar-refractivity contribution in [2.45, 2.75) is 0 Å². The molecule has 3 rings (SSSR count). The summed E-state index contributed by atoms with van der Waals surface area (Å²) in [7, 11) is 0. The molecule has 0 aliphatic rings. The first-order valence-electron chi connectivity index (χ1n) is 5.13. The molecule has 0 bridgehead atoms. The van der Waals surface area contributed by atoms with Crippen LogP contribution in [0.5, 0.6) is 0 Å². The fourth-order valence-corrected chi connectivity index (χ4v) is 2.90. The first kappa shape index (κ1) is 10.7. The summed E-state index contributed by atoms with van der Waals surface area (Å²) >= 11 is 1.71. The summed E-state index contributed by atoms with van der Waals surface area (Å²) in [6.45, 7) is 0. The van der Waals surface area contributed by atoms with Crippen LogP contribution in [0, 0.1) is 47.0 Å². The summed E-state index contributed by atoms with van der Waals surface area (Å²) in [6, 6.07) is 16.8. The average molecular weight is 344 g/mol. The molecule has 0 saturated heterocycles. The van der Waals surface area contributed by atoms with Gasteiger partial charge < -0.3 is 0 Å². The van der Waals surface area contributed by atoms with E-state index >= 15 is 0 Å². The SMILES string of the molecule is Nc1cccc2ccc3[c]([Eu])cccc3c12. The molecule has 0 radical (unpaired) electrons. The van der Waals surface area contributed by atoms with E-state index in [-0.39, 0.29) is 0 Å². The second-order valence-electron chi connectivity index (χ2n) is 3.85. The van der Waals surface area contributed by atoms with Gasteiger partial charge in [-0.2, -0.15) is 0 Å². The molecular weight excluding hydrogens is 334 g/mol. The Hall–Kier alpha value is -0.436. The quantitative estimate of drug-likeness (QED) is 0.493. The van der Waals surface area contributed by atoms with E-state index in [1.54, 1.807) is 47.0 Å². The molecule has 0 aliphatic heterocycles. The number of hydrogen-bond donors (Lipinski definition) is 1. The van der Waals surface area contributed by atoms with Gasteiger partial charge in [0, 0.05) is 0 Å². The zero-order valence-corrected chi connectivity index (χ0v) is 11.0. The molecule has 2 N–H and O–H groups in total. The van der Waals surface area contributed by atoms with Gasteiger partial charge in [-0.1, -0.05) is 0 Å². The first-order valence-corrected chi connectivity index (χ1v) is 6.34. The number of anilines is 1. The number of nitrogen functional groups attached to an aromatic ring is 1. The van der Waals surface area contributed by atoms with Crippen molar-refractivity contribution in [3.8, 4) is 0 Å². The van der Waals surface area contributed by atoms with Gasteiger partial charge in [-0.3, -0.25) is 0 Å². The molecule has 0 fully saturated rings. The topological polar surface area (TPSA) is 26.0 Å². The number of fused-ring (bicyclic) bond motifs is 3. The Morgan fingerprint density at radius 2 is 1.62 bits per heavy atom. The van der Waals surface area contributed by atoms with Crippen molar-refractivity contribution in [3.63, 3.8) is 0 Å². The summed E-state index contributed by atoms with van der Waals surface area (Å²) in [6.07, 6.45) is 0. The van der Waals surface area contributed by atoms with E-state index in [0.717, 1.165) is 5.69 Å². The third kappa shape index (κ3) is 1.60. The minimum atomic E-state index is 0.861. The summed E-state index contributed by atoms with van der Waals surface area (Å²) < 4.78 is 1.35. The molecular formula is C14H10EuN. The molecule has 1 nitrogen and oxygen atoms in total. The standard InChI is InChI=1S/C14H10N.Eu/c15-13-7-3-5-11-9-8-10-4-1-2-6-12(10)14(11)13;/h1-3,5-9H,15H2;. The molecule has 0 aromatic heterocycles. The second kappa shape index (κ2) is 4.10. The van der Waals surface area contributed by atoms with Crippen LogP contribution in [0.25, 0.3) is 21.5 Å². The number of hydrogen-bond acceptors (Lipinski definition) is 1. The van der Waals surface area contributed by atoms with Crippen LogP contribution in [0.3, 0.4) is 0 Å². The molecule has 3 aromatic carbocycles. The van der Waals surface area contributed by atoms with E-state index in [1.807, 2.05) is 12.1 Å². The summed E-state index contributed by atoms with van der Waals surface area (Å²) in [5.41, 5.74) is 6.94. The summed E-state index contributed by atoms with van der Waals surface area (Å²) in [5, 5.41) is 4.96. The first-order chi connectivity index (χ1) is 7.77. The van der Waals surface area contributed by atoms with Crippen LogP contribution in [-0.4, -0.2) is 0 Å². The molecule has 0 aliphatic carbocycles. The Bertz CT molecular complexity index is 689. The fraction of sp³-hybridized carbons (Fsp3) is 0. The van der Waals surface area contributed by atoms with Gasteiger partial charge in [-0.25, -0.2) is 0 Å². The minimum absolute atomic E-state index is 0.861. The molecule has 0 amide bonds. The number of benzene rings is 3. The van der Waals surface area contributed by atoms with Gasteiger partial charge in [0.15, 0.2) is 0 Å². The number of nitrogens with two attached hydrogens (primary N) is 1. The predicted octanol–water partition coefficient (Wildman–Crippen LogP) is 2.75. The Morgan fingerprint density at radius 1 is 0.812 bits per heavy atom. The Kier molecular flexibility index (Phi) is 2.74.